The minimum Gasteiger partial charge on any atom is -0.478 e. The van der Waals surface area contributed by atoms with E-state index in [2.05, 4.69) is 10.6 Å². The highest BCUT2D eigenvalue weighted by Gasteiger charge is 2.18. The van der Waals surface area contributed by atoms with Gasteiger partial charge in [-0.3, -0.25) is 10.1 Å². The molecule has 7 heteroatoms. The smallest absolute Gasteiger partial charge is 0.331 e. The first kappa shape index (κ1) is 15.2. The summed E-state index contributed by atoms with van der Waals surface area (Å²) in [6, 6.07) is -0.630. The summed E-state index contributed by atoms with van der Waals surface area (Å²) in [4.78, 5) is 33.7. The molecule has 0 aromatic heterocycles. The number of hydrogen-bond donors (Lipinski definition) is 3. The van der Waals surface area contributed by atoms with Crippen LogP contribution in [-0.2, 0) is 14.3 Å². The van der Waals surface area contributed by atoms with Crippen LogP contribution in [0.5, 0.6) is 0 Å². The SMILES string of the molecule is C/C(C(=O)O)=C(\C)C(=O)NC(=O)NCC1CCOC1. The highest BCUT2D eigenvalue weighted by atomic mass is 16.5. The van der Waals surface area contributed by atoms with E-state index in [9.17, 15) is 14.4 Å². The molecule has 1 saturated heterocycles. The van der Waals surface area contributed by atoms with E-state index in [1.54, 1.807) is 0 Å². The number of aliphatic carboxylic acids is 1. The van der Waals surface area contributed by atoms with E-state index in [0.29, 0.717) is 19.8 Å². The molecule has 7 nitrogen and oxygen atoms in total. The lowest BCUT2D eigenvalue weighted by molar-refractivity contribution is -0.133. The molecule has 106 valence electrons. The summed E-state index contributed by atoms with van der Waals surface area (Å²) < 4.78 is 5.16. The van der Waals surface area contributed by atoms with Crippen molar-refractivity contribution < 1.29 is 24.2 Å². The number of carboxylic acids is 1. The molecule has 1 fully saturated rings. The number of nitrogens with one attached hydrogen (secondary N) is 2. The molecule has 0 aromatic rings. The molecule has 3 N–H and O–H groups in total. The van der Waals surface area contributed by atoms with Crippen LogP contribution < -0.4 is 10.6 Å². The van der Waals surface area contributed by atoms with Gasteiger partial charge >= 0.3 is 12.0 Å². The van der Waals surface area contributed by atoms with Crippen LogP contribution in [0.4, 0.5) is 4.79 Å². The average Bonchev–Trinajstić information content (AvgIpc) is 2.87. The summed E-state index contributed by atoms with van der Waals surface area (Å²) in [5, 5.41) is 13.4. The van der Waals surface area contributed by atoms with E-state index in [1.165, 1.54) is 13.8 Å². The van der Waals surface area contributed by atoms with Gasteiger partial charge < -0.3 is 15.2 Å². The molecule has 1 atom stereocenters. The van der Waals surface area contributed by atoms with E-state index in [1.807, 2.05) is 0 Å². The summed E-state index contributed by atoms with van der Waals surface area (Å²) in [7, 11) is 0. The summed E-state index contributed by atoms with van der Waals surface area (Å²) in [6.45, 7) is 4.39. The molecule has 1 aliphatic heterocycles. The lowest BCUT2D eigenvalue weighted by atomic mass is 10.1. The van der Waals surface area contributed by atoms with Gasteiger partial charge in [-0.2, -0.15) is 0 Å². The molecule has 0 radical (unpaired) electrons. The highest BCUT2D eigenvalue weighted by Crippen LogP contribution is 2.10. The van der Waals surface area contributed by atoms with E-state index in [-0.39, 0.29) is 17.1 Å². The molecule has 19 heavy (non-hydrogen) atoms. The molecule has 1 heterocycles. The predicted molar refractivity (Wildman–Crippen MR) is 66.5 cm³/mol. The van der Waals surface area contributed by atoms with Gasteiger partial charge in [-0.1, -0.05) is 0 Å². The van der Waals surface area contributed by atoms with Crippen molar-refractivity contribution >= 4 is 17.9 Å². The number of carboxylic acid groups (broad SMARTS) is 1. The molecule has 1 unspecified atom stereocenters. The fraction of sp³-hybridized carbons (Fsp3) is 0.583. The Morgan fingerprint density at radius 3 is 2.47 bits per heavy atom. The largest absolute Gasteiger partial charge is 0.478 e. The number of carbonyl (C=O) groups excluding carboxylic acids is 2. The first-order valence-electron chi connectivity index (χ1n) is 5.99. The van der Waals surface area contributed by atoms with Gasteiger partial charge in [-0.15, -0.1) is 0 Å². The van der Waals surface area contributed by atoms with Crippen LogP contribution >= 0.6 is 0 Å². The number of carbonyl (C=O) groups is 3. The Balaban J connectivity index is 2.41. The highest BCUT2D eigenvalue weighted by molar-refractivity contribution is 6.07. The van der Waals surface area contributed by atoms with Gasteiger partial charge in [-0.25, -0.2) is 9.59 Å². The predicted octanol–water partition coefficient (Wildman–Crippen LogP) is 0.270. The van der Waals surface area contributed by atoms with Crippen LogP contribution in [0.3, 0.4) is 0 Å². The maximum absolute atomic E-state index is 11.6. The van der Waals surface area contributed by atoms with Crippen molar-refractivity contribution in [3.05, 3.63) is 11.1 Å². The molecule has 3 amide bonds. The fourth-order valence-electron chi connectivity index (χ4n) is 1.55. The lowest BCUT2D eigenvalue weighted by Gasteiger charge is -2.10. The first-order valence-corrected chi connectivity index (χ1v) is 5.99. The Bertz CT molecular complexity index is 410. The molecular weight excluding hydrogens is 252 g/mol. The van der Waals surface area contributed by atoms with Crippen molar-refractivity contribution in [2.75, 3.05) is 19.8 Å². The van der Waals surface area contributed by atoms with Gasteiger partial charge in [0.05, 0.1) is 6.61 Å². The van der Waals surface area contributed by atoms with Crippen LogP contribution in [0.2, 0.25) is 0 Å². The van der Waals surface area contributed by atoms with E-state index >= 15 is 0 Å². The third-order valence-corrected chi connectivity index (χ3v) is 3.03. The van der Waals surface area contributed by atoms with Crippen LogP contribution in [-0.4, -0.2) is 42.8 Å². The van der Waals surface area contributed by atoms with Gasteiger partial charge in [0.2, 0.25) is 0 Å². The second-order valence-electron chi connectivity index (χ2n) is 4.45. The van der Waals surface area contributed by atoms with Crippen molar-refractivity contribution in [2.45, 2.75) is 20.3 Å². The third-order valence-electron chi connectivity index (χ3n) is 3.03. The third kappa shape index (κ3) is 4.70. The zero-order chi connectivity index (χ0) is 14.4. The molecule has 0 aromatic carbocycles. The Labute approximate surface area is 111 Å². The average molecular weight is 270 g/mol. The molecule has 0 bridgehead atoms. The number of hydrogen-bond acceptors (Lipinski definition) is 4. The monoisotopic (exact) mass is 270 g/mol. The number of rotatable bonds is 4. The number of urea groups is 1. The number of ether oxygens (including phenoxy) is 1. The molecular formula is C12H18N2O5. The normalized spacial score (nSPS) is 19.6. The minimum atomic E-state index is -1.18. The maximum Gasteiger partial charge on any atom is 0.331 e. The Hall–Kier alpha value is -1.89. The molecule has 0 spiro atoms. The van der Waals surface area contributed by atoms with E-state index < -0.39 is 17.9 Å². The Morgan fingerprint density at radius 2 is 1.95 bits per heavy atom. The number of amides is 3. The van der Waals surface area contributed by atoms with E-state index in [0.717, 1.165) is 6.42 Å². The van der Waals surface area contributed by atoms with Gasteiger partial charge in [0.1, 0.15) is 0 Å². The van der Waals surface area contributed by atoms with Crippen LogP contribution in [0.1, 0.15) is 20.3 Å². The summed E-state index contributed by atoms with van der Waals surface area (Å²) >= 11 is 0. The molecule has 1 rings (SSSR count). The van der Waals surface area contributed by atoms with Crippen molar-refractivity contribution in [2.24, 2.45) is 5.92 Å². The molecule has 0 saturated carbocycles. The van der Waals surface area contributed by atoms with Crippen molar-refractivity contribution in [1.82, 2.24) is 10.6 Å². The van der Waals surface area contributed by atoms with Gasteiger partial charge in [-0.05, 0) is 20.3 Å². The van der Waals surface area contributed by atoms with Crippen LogP contribution in [0.15, 0.2) is 11.1 Å². The zero-order valence-electron chi connectivity index (χ0n) is 11.0. The van der Waals surface area contributed by atoms with E-state index in [4.69, 9.17) is 9.84 Å². The van der Waals surface area contributed by atoms with Gasteiger partial charge in [0, 0.05) is 30.2 Å². The zero-order valence-corrected chi connectivity index (χ0v) is 11.0. The first-order chi connectivity index (χ1) is 8.91. The number of imide groups is 1. The van der Waals surface area contributed by atoms with Crippen molar-refractivity contribution in [3.8, 4) is 0 Å². The second-order valence-corrected chi connectivity index (χ2v) is 4.45. The molecule has 1 aliphatic rings. The quantitative estimate of drug-likeness (QED) is 0.636. The minimum absolute atomic E-state index is 0.00634. The summed E-state index contributed by atoms with van der Waals surface area (Å²) in [6.07, 6.45) is 0.880. The second kappa shape index (κ2) is 6.89. The summed E-state index contributed by atoms with van der Waals surface area (Å²) in [5.74, 6) is -1.63. The maximum atomic E-state index is 11.6. The van der Waals surface area contributed by atoms with Gasteiger partial charge in [0.25, 0.3) is 5.91 Å². The van der Waals surface area contributed by atoms with Crippen molar-refractivity contribution in [1.29, 1.82) is 0 Å². The lowest BCUT2D eigenvalue weighted by Crippen LogP contribution is -2.42. The topological polar surface area (TPSA) is 105 Å². The van der Waals surface area contributed by atoms with Crippen LogP contribution in [0, 0.1) is 5.92 Å². The molecule has 0 aliphatic carbocycles. The van der Waals surface area contributed by atoms with Crippen molar-refractivity contribution in [3.63, 3.8) is 0 Å². The van der Waals surface area contributed by atoms with Crippen LogP contribution in [0.25, 0.3) is 0 Å². The fourth-order valence-corrected chi connectivity index (χ4v) is 1.55. The Kier molecular flexibility index (Phi) is 5.50. The summed E-state index contributed by atoms with van der Waals surface area (Å²) in [5.41, 5.74) is -0.0821. The standard InChI is InChI=1S/C12H18N2O5/c1-7(8(2)11(16)17)10(15)14-12(18)13-5-9-3-4-19-6-9/h9H,3-6H2,1-2H3,(H,16,17)(H2,13,14,15,18)/b8-7-. The Morgan fingerprint density at radius 1 is 1.26 bits per heavy atom. The van der Waals surface area contributed by atoms with Gasteiger partial charge in [0.15, 0.2) is 0 Å².